The van der Waals surface area contributed by atoms with E-state index in [0.717, 1.165) is 51.5 Å². The van der Waals surface area contributed by atoms with E-state index in [1.54, 1.807) is 6.20 Å². The first-order chi connectivity index (χ1) is 13.3. The molecule has 2 aliphatic rings. The van der Waals surface area contributed by atoms with Crippen LogP contribution in [0.4, 0.5) is 5.82 Å². The highest BCUT2D eigenvalue weighted by atomic mass is 35.5. The van der Waals surface area contributed by atoms with Crippen molar-refractivity contribution in [1.29, 1.82) is 0 Å². The van der Waals surface area contributed by atoms with E-state index in [2.05, 4.69) is 49.9 Å². The highest BCUT2D eigenvalue weighted by Crippen LogP contribution is 2.33. The number of hydrogen-bond acceptors (Lipinski definition) is 4. The number of halogens is 1. The minimum Gasteiger partial charge on any atom is -0.354 e. The van der Waals surface area contributed by atoms with Crippen molar-refractivity contribution in [2.24, 2.45) is 0 Å². The van der Waals surface area contributed by atoms with E-state index in [4.69, 9.17) is 16.7 Å². The van der Waals surface area contributed by atoms with Gasteiger partial charge in [0.25, 0.3) is 0 Å². The summed E-state index contributed by atoms with van der Waals surface area (Å²) in [6.45, 7) is 4.77. The first-order valence-corrected chi connectivity index (χ1v) is 9.87. The van der Waals surface area contributed by atoms with Gasteiger partial charge in [-0.15, -0.1) is 0 Å². The maximum absolute atomic E-state index is 5.95. The van der Waals surface area contributed by atoms with Crippen LogP contribution in [-0.4, -0.2) is 45.8 Å². The third-order valence-corrected chi connectivity index (χ3v) is 5.82. The van der Waals surface area contributed by atoms with Crippen LogP contribution < -0.4 is 4.90 Å². The molecule has 0 unspecified atom stereocenters. The largest absolute Gasteiger partial charge is 0.354 e. The lowest BCUT2D eigenvalue weighted by Crippen LogP contribution is -2.47. The molecule has 1 aromatic carbocycles. The van der Waals surface area contributed by atoms with Crippen LogP contribution in [0, 0.1) is 0 Å². The second-order valence-corrected chi connectivity index (χ2v) is 7.69. The van der Waals surface area contributed by atoms with Gasteiger partial charge in [-0.3, -0.25) is 9.58 Å². The van der Waals surface area contributed by atoms with Crippen molar-refractivity contribution in [2.45, 2.75) is 19.5 Å². The number of nitrogens with zero attached hydrogens (tertiary/aromatic N) is 5. The fourth-order valence-electron chi connectivity index (χ4n) is 4.13. The monoisotopic (exact) mass is 379 g/mol. The van der Waals surface area contributed by atoms with E-state index in [1.165, 1.54) is 22.4 Å². The van der Waals surface area contributed by atoms with E-state index >= 15 is 0 Å². The quantitative estimate of drug-likeness (QED) is 0.698. The summed E-state index contributed by atoms with van der Waals surface area (Å²) in [4.78, 5) is 9.23. The molecule has 0 saturated carbocycles. The molecule has 0 spiro atoms. The van der Waals surface area contributed by atoms with E-state index in [-0.39, 0.29) is 0 Å². The van der Waals surface area contributed by atoms with E-state index < -0.39 is 0 Å². The van der Waals surface area contributed by atoms with Gasteiger partial charge >= 0.3 is 0 Å². The van der Waals surface area contributed by atoms with Crippen LogP contribution in [0.15, 0.2) is 48.8 Å². The van der Waals surface area contributed by atoms with Crippen molar-refractivity contribution in [2.75, 3.05) is 31.1 Å². The molecule has 0 radical (unpaired) electrons. The fraction of sp³-hybridized carbons (Fsp3) is 0.333. The Morgan fingerprint density at radius 1 is 0.889 bits per heavy atom. The Kier molecular flexibility index (Phi) is 4.34. The van der Waals surface area contributed by atoms with Gasteiger partial charge in [-0.25, -0.2) is 4.98 Å². The molecule has 6 heteroatoms. The minimum atomic E-state index is 0.682. The molecule has 1 fully saturated rings. The molecule has 2 aromatic heterocycles. The zero-order valence-corrected chi connectivity index (χ0v) is 15.9. The van der Waals surface area contributed by atoms with Crippen molar-refractivity contribution in [3.05, 3.63) is 64.9 Å². The average molecular weight is 380 g/mol. The Hall–Kier alpha value is -2.37. The number of piperazine rings is 1. The van der Waals surface area contributed by atoms with Crippen LogP contribution in [0.1, 0.15) is 11.1 Å². The van der Waals surface area contributed by atoms with Gasteiger partial charge in [-0.05, 0) is 36.1 Å². The number of rotatable bonds is 3. The Labute approximate surface area is 164 Å². The molecule has 27 heavy (non-hydrogen) atoms. The summed E-state index contributed by atoms with van der Waals surface area (Å²) in [5, 5.41) is 5.39. The molecule has 138 valence electrons. The predicted octanol–water partition coefficient (Wildman–Crippen LogP) is 3.48. The summed E-state index contributed by atoms with van der Waals surface area (Å²) in [5.74, 6) is 1.00. The molecular weight excluding hydrogens is 358 g/mol. The molecule has 0 amide bonds. The Morgan fingerprint density at radius 2 is 1.70 bits per heavy atom. The van der Waals surface area contributed by atoms with Gasteiger partial charge in [0.05, 0.1) is 23.6 Å². The van der Waals surface area contributed by atoms with Crippen LogP contribution in [0.25, 0.3) is 11.3 Å². The Morgan fingerprint density at radius 3 is 2.52 bits per heavy atom. The van der Waals surface area contributed by atoms with Gasteiger partial charge < -0.3 is 4.90 Å². The first kappa shape index (κ1) is 16.8. The normalized spacial score (nSPS) is 16.9. The van der Waals surface area contributed by atoms with Crippen molar-refractivity contribution in [3.8, 4) is 11.3 Å². The van der Waals surface area contributed by atoms with Crippen LogP contribution in [0.3, 0.4) is 0 Å². The maximum Gasteiger partial charge on any atom is 0.128 e. The molecule has 0 atom stereocenters. The standard InChI is InChI=1S/C21H22ClN5/c22-18-7-8-20(23-14-18)26-11-9-25(10-12-26)15-27-21-17(13-24-27)6-5-16-3-1-2-4-19(16)21/h1-4,7-8,13-14H,5-6,9-12,15H2. The second kappa shape index (κ2) is 6.98. The molecule has 3 aromatic rings. The molecular formula is C21H22ClN5. The lowest BCUT2D eigenvalue weighted by Gasteiger charge is -2.35. The smallest absolute Gasteiger partial charge is 0.128 e. The lowest BCUT2D eigenvalue weighted by molar-refractivity contribution is 0.197. The molecule has 5 rings (SSSR count). The van der Waals surface area contributed by atoms with Crippen LogP contribution >= 0.6 is 11.6 Å². The predicted molar refractivity (Wildman–Crippen MR) is 108 cm³/mol. The summed E-state index contributed by atoms with van der Waals surface area (Å²) in [7, 11) is 0. The fourth-order valence-corrected chi connectivity index (χ4v) is 4.24. The third kappa shape index (κ3) is 3.22. The van der Waals surface area contributed by atoms with Gasteiger partial charge in [0.1, 0.15) is 5.82 Å². The minimum absolute atomic E-state index is 0.682. The van der Waals surface area contributed by atoms with Gasteiger partial charge in [0.15, 0.2) is 0 Å². The lowest BCUT2D eigenvalue weighted by atomic mass is 9.90. The molecule has 0 N–H and O–H groups in total. The average Bonchev–Trinajstić information content (AvgIpc) is 3.13. The first-order valence-electron chi connectivity index (χ1n) is 9.50. The molecule has 3 heterocycles. The van der Waals surface area contributed by atoms with Crippen molar-refractivity contribution in [1.82, 2.24) is 19.7 Å². The van der Waals surface area contributed by atoms with Gasteiger partial charge in [-0.2, -0.15) is 5.10 Å². The number of pyridine rings is 1. The van der Waals surface area contributed by atoms with Gasteiger partial charge in [0, 0.05) is 37.9 Å². The molecule has 1 aliphatic heterocycles. The topological polar surface area (TPSA) is 37.2 Å². The summed E-state index contributed by atoms with van der Waals surface area (Å²) in [6.07, 6.45) is 5.97. The van der Waals surface area contributed by atoms with E-state index in [1.807, 2.05) is 12.1 Å². The highest BCUT2D eigenvalue weighted by Gasteiger charge is 2.23. The van der Waals surface area contributed by atoms with E-state index in [9.17, 15) is 0 Å². The van der Waals surface area contributed by atoms with Crippen LogP contribution in [0.2, 0.25) is 5.02 Å². The van der Waals surface area contributed by atoms with Gasteiger partial charge in [0.2, 0.25) is 0 Å². The van der Waals surface area contributed by atoms with Crippen molar-refractivity contribution in [3.63, 3.8) is 0 Å². The van der Waals surface area contributed by atoms with Crippen LogP contribution in [0.5, 0.6) is 0 Å². The van der Waals surface area contributed by atoms with Crippen LogP contribution in [-0.2, 0) is 19.5 Å². The molecule has 1 aliphatic carbocycles. The summed E-state index contributed by atoms with van der Waals surface area (Å²) in [6, 6.07) is 12.6. The highest BCUT2D eigenvalue weighted by molar-refractivity contribution is 6.30. The van der Waals surface area contributed by atoms with E-state index in [0.29, 0.717) is 5.02 Å². The van der Waals surface area contributed by atoms with Gasteiger partial charge in [-0.1, -0.05) is 35.9 Å². The zero-order chi connectivity index (χ0) is 18.2. The summed E-state index contributed by atoms with van der Waals surface area (Å²) in [5.41, 5.74) is 5.46. The SMILES string of the molecule is Clc1ccc(N2CCN(Cn3ncc4c3-c3ccccc3CC4)CC2)nc1. The number of fused-ring (bicyclic) bond motifs is 3. The second-order valence-electron chi connectivity index (χ2n) is 7.26. The molecule has 0 bridgehead atoms. The number of aryl methyl sites for hydroxylation is 2. The zero-order valence-electron chi connectivity index (χ0n) is 15.2. The molecule has 1 saturated heterocycles. The van der Waals surface area contributed by atoms with Crippen molar-refractivity contribution < 1.29 is 0 Å². The number of hydrogen-bond donors (Lipinski definition) is 0. The molecule has 5 nitrogen and oxygen atoms in total. The summed E-state index contributed by atoms with van der Waals surface area (Å²) >= 11 is 5.95. The maximum atomic E-state index is 5.95. The number of aromatic nitrogens is 3. The number of benzene rings is 1. The van der Waals surface area contributed by atoms with Crippen molar-refractivity contribution >= 4 is 17.4 Å². The third-order valence-electron chi connectivity index (χ3n) is 5.59. The Balaban J connectivity index is 1.30. The number of anilines is 1. The Bertz CT molecular complexity index is 941. The summed E-state index contributed by atoms with van der Waals surface area (Å²) < 4.78 is 2.18.